The molecule has 0 fully saturated rings. The molecule has 0 aliphatic carbocycles. The Hall–Kier alpha value is -0.120. The summed E-state index contributed by atoms with van der Waals surface area (Å²) >= 11 is 10.3. The van der Waals surface area contributed by atoms with Crippen molar-refractivity contribution in [2.45, 2.75) is 0 Å². The summed E-state index contributed by atoms with van der Waals surface area (Å²) in [7, 11) is -8.12. The number of halogens is 7. The van der Waals surface area contributed by atoms with E-state index in [9.17, 15) is 21.2 Å². The fourth-order valence-corrected chi connectivity index (χ4v) is 1.86. The maximum absolute atomic E-state index is 12.9. The zero-order valence-electron chi connectivity index (χ0n) is 6.25. The fourth-order valence-electron chi connectivity index (χ4n) is 0.777. The zero-order chi connectivity index (χ0) is 11.2. The Morgan fingerprint density at radius 1 is 1.00 bits per heavy atom. The Labute approximate surface area is 86.0 Å². The van der Waals surface area contributed by atoms with Gasteiger partial charge in [-0.3, -0.25) is 0 Å². The van der Waals surface area contributed by atoms with Crippen LogP contribution in [0, 0.1) is 5.82 Å². The van der Waals surface area contributed by atoms with E-state index in [0.717, 1.165) is 0 Å². The predicted molar refractivity (Wildman–Crippen MR) is 47.4 cm³/mol. The van der Waals surface area contributed by atoms with Crippen LogP contribution in [0.1, 0.15) is 0 Å². The molecule has 1 aromatic carbocycles. The summed E-state index contributed by atoms with van der Waals surface area (Å²) in [6, 6.07) is 0.934. The third-order valence-corrected chi connectivity index (χ3v) is 3.23. The maximum atomic E-state index is 12.9. The standard InChI is InChI=1S/C6H2Cl2F5P/c7-3-1-2-4(6(9)5(3)8)14(10,11,12)13/h1-2H. The van der Waals surface area contributed by atoms with Gasteiger partial charge in [-0.05, 0) is 0 Å². The summed E-state index contributed by atoms with van der Waals surface area (Å²) in [5.41, 5.74) is 0. The molecule has 0 saturated carbocycles. The molecule has 0 spiro atoms. The Bertz CT molecular complexity index is 377. The van der Waals surface area contributed by atoms with Gasteiger partial charge in [-0.1, -0.05) is 0 Å². The Kier molecular flexibility index (Phi) is 2.72. The molecule has 0 radical (unpaired) electrons. The van der Waals surface area contributed by atoms with Crippen LogP contribution in [0.5, 0.6) is 0 Å². The monoisotopic (exact) mass is 270 g/mol. The molecule has 1 rings (SSSR count). The quantitative estimate of drug-likeness (QED) is 0.389. The zero-order valence-corrected chi connectivity index (χ0v) is 8.65. The van der Waals surface area contributed by atoms with Gasteiger partial charge in [0.15, 0.2) is 0 Å². The van der Waals surface area contributed by atoms with Gasteiger partial charge in [0, 0.05) is 0 Å². The van der Waals surface area contributed by atoms with Gasteiger partial charge in [-0.15, -0.1) is 0 Å². The van der Waals surface area contributed by atoms with E-state index in [1.54, 1.807) is 0 Å². The van der Waals surface area contributed by atoms with Crippen molar-refractivity contribution in [3.8, 4) is 0 Å². The van der Waals surface area contributed by atoms with Crippen molar-refractivity contribution in [3.05, 3.63) is 28.0 Å². The average molecular weight is 271 g/mol. The van der Waals surface area contributed by atoms with Crippen molar-refractivity contribution in [1.29, 1.82) is 0 Å². The summed E-state index contributed by atoms with van der Waals surface area (Å²) in [5, 5.41) is -3.29. The summed E-state index contributed by atoms with van der Waals surface area (Å²) in [6.45, 7) is 0. The normalized spacial score (nSPS) is 14.9. The van der Waals surface area contributed by atoms with Gasteiger partial charge in [0.2, 0.25) is 0 Å². The fraction of sp³-hybridized carbons (Fsp3) is 0. The molecule has 80 valence electrons. The van der Waals surface area contributed by atoms with E-state index in [2.05, 4.69) is 0 Å². The molecule has 14 heavy (non-hydrogen) atoms. The first-order valence-electron chi connectivity index (χ1n) is 3.13. The van der Waals surface area contributed by atoms with Crippen LogP contribution in [-0.4, -0.2) is 0 Å². The molecule has 0 nitrogen and oxygen atoms in total. The number of hydrogen-bond donors (Lipinski definition) is 0. The third-order valence-electron chi connectivity index (χ3n) is 1.38. The van der Waals surface area contributed by atoms with Crippen LogP contribution in [0.15, 0.2) is 12.1 Å². The average Bonchev–Trinajstić information content (AvgIpc) is 1.96. The first-order chi connectivity index (χ1) is 6.10. The molecule has 0 atom stereocenters. The van der Waals surface area contributed by atoms with Gasteiger partial charge in [0.05, 0.1) is 0 Å². The van der Waals surface area contributed by atoms with E-state index in [-0.39, 0.29) is 6.07 Å². The molecule has 0 unspecified atom stereocenters. The van der Waals surface area contributed by atoms with E-state index in [1.807, 2.05) is 0 Å². The molecule has 8 heteroatoms. The summed E-state index contributed by atoms with van der Waals surface area (Å²) < 4.78 is 61.5. The molecule has 0 aromatic heterocycles. The van der Waals surface area contributed by atoms with E-state index >= 15 is 0 Å². The summed E-state index contributed by atoms with van der Waals surface area (Å²) in [4.78, 5) is 0. The van der Waals surface area contributed by atoms with Crippen LogP contribution in [0.4, 0.5) is 21.2 Å². The minimum absolute atomic E-state index is 0.237. The topological polar surface area (TPSA) is 0 Å². The second kappa shape index (κ2) is 3.19. The van der Waals surface area contributed by atoms with Crippen LogP contribution in [-0.2, 0) is 0 Å². The molecule has 1 aromatic rings. The molecule has 0 aliphatic heterocycles. The van der Waals surface area contributed by atoms with Crippen molar-refractivity contribution >= 4 is 36.4 Å². The van der Waals surface area contributed by atoms with Gasteiger partial charge in [-0.25, -0.2) is 0 Å². The minimum atomic E-state index is -8.12. The predicted octanol–water partition coefficient (Wildman–Crippen LogP) is 4.85. The number of rotatable bonds is 1. The van der Waals surface area contributed by atoms with E-state index in [1.165, 1.54) is 0 Å². The first-order valence-corrected chi connectivity index (χ1v) is 5.68. The Morgan fingerprint density at radius 3 is 1.93 bits per heavy atom. The molecule has 0 N–H and O–H groups in total. The Balaban J connectivity index is 3.48. The molecular weight excluding hydrogens is 269 g/mol. The van der Waals surface area contributed by atoms with Gasteiger partial charge in [0.1, 0.15) is 0 Å². The number of benzene rings is 1. The molecular formula is C6H2Cl2F5P. The molecule has 0 amide bonds. The molecule has 0 aliphatic rings. The van der Waals surface area contributed by atoms with E-state index in [4.69, 9.17) is 23.2 Å². The van der Waals surface area contributed by atoms with Gasteiger partial charge < -0.3 is 0 Å². The molecule has 0 heterocycles. The third kappa shape index (κ3) is 2.27. The summed E-state index contributed by atoms with van der Waals surface area (Å²) in [6.07, 6.45) is 0. The van der Waals surface area contributed by atoms with E-state index < -0.39 is 29.0 Å². The van der Waals surface area contributed by atoms with Crippen LogP contribution in [0.2, 0.25) is 10.0 Å². The van der Waals surface area contributed by atoms with Crippen molar-refractivity contribution < 1.29 is 21.2 Å². The van der Waals surface area contributed by atoms with Crippen LogP contribution in [0.3, 0.4) is 0 Å². The second-order valence-electron chi connectivity index (χ2n) is 2.42. The van der Waals surface area contributed by atoms with Crippen LogP contribution in [0.25, 0.3) is 0 Å². The van der Waals surface area contributed by atoms with Crippen molar-refractivity contribution in [2.75, 3.05) is 0 Å². The molecule has 0 saturated heterocycles. The van der Waals surface area contributed by atoms with Gasteiger partial charge in [-0.2, -0.15) is 0 Å². The van der Waals surface area contributed by atoms with Gasteiger partial charge >= 0.3 is 85.5 Å². The van der Waals surface area contributed by atoms with Crippen molar-refractivity contribution in [1.82, 2.24) is 0 Å². The Morgan fingerprint density at radius 2 is 1.50 bits per heavy atom. The molecule has 0 bridgehead atoms. The van der Waals surface area contributed by atoms with Gasteiger partial charge in [0.25, 0.3) is 0 Å². The number of hydrogen-bond acceptors (Lipinski definition) is 0. The SMILES string of the molecule is Fc1c(P(F)(F)(F)F)ccc(Cl)c1Cl. The van der Waals surface area contributed by atoms with Crippen LogP contribution >= 0.6 is 31.0 Å². The first kappa shape index (κ1) is 12.0. The second-order valence-corrected chi connectivity index (χ2v) is 5.13. The summed E-state index contributed by atoms with van der Waals surface area (Å²) in [5.74, 6) is -1.87. The van der Waals surface area contributed by atoms with Crippen molar-refractivity contribution in [2.24, 2.45) is 0 Å². The van der Waals surface area contributed by atoms with Crippen molar-refractivity contribution in [3.63, 3.8) is 0 Å². The van der Waals surface area contributed by atoms with E-state index in [0.29, 0.717) is 6.07 Å². The van der Waals surface area contributed by atoms with Crippen LogP contribution < -0.4 is 5.30 Å².